The van der Waals surface area contributed by atoms with E-state index in [0.717, 1.165) is 29.3 Å². The minimum Gasteiger partial charge on any atom is -0.507 e. The number of likely N-dealkylation sites (tertiary alicyclic amines) is 1. The normalized spacial score (nSPS) is 13.6. The van der Waals surface area contributed by atoms with Gasteiger partial charge in [-0.3, -0.25) is 4.79 Å². The molecule has 5 aromatic rings. The molecular weight excluding hydrogens is 610 g/mol. The fraction of sp³-hybridized carbons (Fsp3) is 0.200. The van der Waals surface area contributed by atoms with E-state index >= 15 is 0 Å². The zero-order chi connectivity index (χ0) is 33.0. The summed E-state index contributed by atoms with van der Waals surface area (Å²) in [4.78, 5) is 26.5. The van der Waals surface area contributed by atoms with Crippen molar-refractivity contribution in [1.29, 1.82) is 0 Å². The van der Waals surface area contributed by atoms with Crippen LogP contribution in [-0.2, 0) is 4.74 Å². The van der Waals surface area contributed by atoms with Crippen molar-refractivity contribution >= 4 is 23.4 Å². The van der Waals surface area contributed by atoms with Crippen molar-refractivity contribution in [3.8, 4) is 16.9 Å². The number of benzene rings is 5. The lowest BCUT2D eigenvalue weighted by atomic mass is 9.95. The molecule has 1 aliphatic heterocycles. The van der Waals surface area contributed by atoms with Crippen LogP contribution in [0.3, 0.4) is 0 Å². The molecule has 1 saturated heterocycles. The van der Waals surface area contributed by atoms with E-state index in [4.69, 9.17) is 16.3 Å². The molecule has 0 saturated carbocycles. The molecule has 7 heteroatoms. The number of rotatable bonds is 10. The molecule has 0 amide bonds. The number of hydrogen-bond donors (Lipinski definition) is 2. The van der Waals surface area contributed by atoms with Gasteiger partial charge in [0.1, 0.15) is 11.9 Å². The molecule has 1 fully saturated rings. The van der Waals surface area contributed by atoms with Crippen molar-refractivity contribution in [2.75, 3.05) is 26.2 Å². The first-order valence-electron chi connectivity index (χ1n) is 15.8. The molecule has 1 aliphatic rings. The number of ether oxygens (including phenoxy) is 1. The average Bonchev–Trinajstić information content (AvgIpc) is 3.12. The van der Waals surface area contributed by atoms with Crippen LogP contribution in [0.2, 0.25) is 5.02 Å². The number of carbonyl (C=O) groups excluding carboxylic acids is 1. The van der Waals surface area contributed by atoms with Crippen molar-refractivity contribution in [2.45, 2.75) is 25.4 Å². The van der Waals surface area contributed by atoms with Crippen LogP contribution in [0.25, 0.3) is 11.1 Å². The molecule has 1 unspecified atom stereocenters. The van der Waals surface area contributed by atoms with Gasteiger partial charge in [0.25, 0.3) is 0 Å². The summed E-state index contributed by atoms with van der Waals surface area (Å²) in [6.07, 6.45) is 3.98. The summed E-state index contributed by atoms with van der Waals surface area (Å²) in [5.41, 5.74) is 4.03. The quantitative estimate of drug-likeness (QED) is 0.147. The van der Waals surface area contributed by atoms with E-state index in [0.29, 0.717) is 11.1 Å². The molecular formula is C40H38ClNO5. The molecule has 2 N–H and O–H groups in total. The predicted molar refractivity (Wildman–Crippen MR) is 186 cm³/mol. The van der Waals surface area contributed by atoms with E-state index < -0.39 is 11.8 Å². The van der Waals surface area contributed by atoms with Crippen LogP contribution in [0.15, 0.2) is 127 Å². The van der Waals surface area contributed by atoms with Crippen LogP contribution >= 0.6 is 11.6 Å². The van der Waals surface area contributed by atoms with E-state index in [2.05, 4.69) is 41.3 Å². The van der Waals surface area contributed by atoms with Gasteiger partial charge in [-0.15, -0.1) is 0 Å². The number of aromatic hydroxyl groups is 1. The van der Waals surface area contributed by atoms with Crippen LogP contribution in [0.1, 0.15) is 62.8 Å². The van der Waals surface area contributed by atoms with Crippen LogP contribution in [0, 0.1) is 0 Å². The Morgan fingerprint density at radius 3 is 1.98 bits per heavy atom. The zero-order valence-corrected chi connectivity index (χ0v) is 26.9. The largest absolute Gasteiger partial charge is 0.507 e. The maximum atomic E-state index is 12.7. The second-order valence-corrected chi connectivity index (χ2v) is 11.8. The number of ketones is 1. The smallest absolute Gasteiger partial charge is 0.336 e. The van der Waals surface area contributed by atoms with Gasteiger partial charge in [-0.05, 0) is 79.0 Å². The second-order valence-electron chi connectivity index (χ2n) is 11.4. The lowest BCUT2D eigenvalue weighted by molar-refractivity contribution is 0.0557. The molecule has 5 aromatic carbocycles. The van der Waals surface area contributed by atoms with Gasteiger partial charge >= 0.3 is 5.97 Å². The first-order valence-corrected chi connectivity index (χ1v) is 16.2. The fourth-order valence-electron chi connectivity index (χ4n) is 5.68. The van der Waals surface area contributed by atoms with Gasteiger partial charge in [0.15, 0.2) is 5.78 Å². The van der Waals surface area contributed by atoms with E-state index in [1.54, 1.807) is 18.2 Å². The number of halogens is 1. The number of nitrogens with zero attached hydrogens (tertiary/aromatic N) is 1. The summed E-state index contributed by atoms with van der Waals surface area (Å²) in [6, 6.07) is 38.2. The molecule has 1 heterocycles. The van der Waals surface area contributed by atoms with Crippen LogP contribution in [0.5, 0.6) is 5.75 Å². The molecule has 0 aromatic heterocycles. The number of aromatic carboxylic acids is 1. The van der Waals surface area contributed by atoms with Gasteiger partial charge in [-0.25, -0.2) is 4.79 Å². The summed E-state index contributed by atoms with van der Waals surface area (Å²) < 4.78 is 6.27. The number of carboxylic acids is 1. The second kappa shape index (κ2) is 16.7. The Balaban J connectivity index is 0.000000185. The molecule has 0 aliphatic carbocycles. The predicted octanol–water partition coefficient (Wildman–Crippen LogP) is 8.92. The third kappa shape index (κ3) is 9.17. The Hall–Kier alpha value is -4.75. The van der Waals surface area contributed by atoms with Gasteiger partial charge in [-0.2, -0.15) is 0 Å². The minimum absolute atomic E-state index is 0.0294. The minimum atomic E-state index is -1.15. The van der Waals surface area contributed by atoms with Gasteiger partial charge in [0, 0.05) is 28.3 Å². The number of piperidine rings is 1. The molecule has 240 valence electrons. The highest BCUT2D eigenvalue weighted by atomic mass is 35.5. The molecule has 0 radical (unpaired) electrons. The maximum Gasteiger partial charge on any atom is 0.336 e. The maximum absolute atomic E-state index is 12.7. The third-order valence-corrected chi connectivity index (χ3v) is 8.41. The van der Waals surface area contributed by atoms with Gasteiger partial charge in [0.05, 0.1) is 12.2 Å². The number of carbonyl (C=O) groups is 2. The summed E-state index contributed by atoms with van der Waals surface area (Å²) in [5, 5.41) is 20.1. The van der Waals surface area contributed by atoms with Crippen molar-refractivity contribution in [3.05, 3.63) is 160 Å². The summed E-state index contributed by atoms with van der Waals surface area (Å²) in [7, 11) is 0. The number of carboxylic acid groups (broad SMARTS) is 1. The molecule has 0 bridgehead atoms. The Labute approximate surface area is 280 Å². The van der Waals surface area contributed by atoms with E-state index in [9.17, 15) is 19.8 Å². The topological polar surface area (TPSA) is 87.1 Å². The number of phenolic OH excluding ortho intramolecular Hbond substituents is 1. The van der Waals surface area contributed by atoms with Crippen LogP contribution < -0.4 is 0 Å². The Kier molecular flexibility index (Phi) is 11.9. The molecule has 0 spiro atoms. The molecule has 1 atom stereocenters. The Morgan fingerprint density at radius 2 is 1.32 bits per heavy atom. The molecule has 47 heavy (non-hydrogen) atoms. The van der Waals surface area contributed by atoms with Gasteiger partial charge in [0.2, 0.25) is 0 Å². The van der Waals surface area contributed by atoms with E-state index in [1.165, 1.54) is 62.2 Å². The van der Waals surface area contributed by atoms with Crippen molar-refractivity contribution in [2.24, 2.45) is 0 Å². The lowest BCUT2D eigenvalue weighted by Crippen LogP contribution is -2.33. The van der Waals surface area contributed by atoms with E-state index in [1.807, 2.05) is 48.5 Å². The highest BCUT2D eigenvalue weighted by molar-refractivity contribution is 6.30. The first-order chi connectivity index (χ1) is 22.9. The van der Waals surface area contributed by atoms with Gasteiger partial charge < -0.3 is 19.8 Å². The summed E-state index contributed by atoms with van der Waals surface area (Å²) >= 11 is 6.02. The molecule has 6 rings (SSSR count). The Bertz CT molecular complexity index is 1750. The third-order valence-electron chi connectivity index (χ3n) is 8.16. The van der Waals surface area contributed by atoms with E-state index in [-0.39, 0.29) is 23.0 Å². The Morgan fingerprint density at radius 1 is 0.723 bits per heavy atom. The molecule has 6 nitrogen and oxygen atoms in total. The van der Waals surface area contributed by atoms with Gasteiger partial charge in [-0.1, -0.05) is 109 Å². The van der Waals surface area contributed by atoms with Crippen LogP contribution in [-0.4, -0.2) is 53.1 Å². The summed E-state index contributed by atoms with van der Waals surface area (Å²) in [5.74, 6) is -1.49. The zero-order valence-electron chi connectivity index (χ0n) is 26.1. The van der Waals surface area contributed by atoms with Crippen molar-refractivity contribution in [3.63, 3.8) is 0 Å². The summed E-state index contributed by atoms with van der Waals surface area (Å²) in [6.45, 7) is 4.18. The standard InChI is InChI=1S/C20H24ClNO.C20H14O4/c21-19-11-9-18(10-12-19)20(17-7-3-1-4-8-17)23-16-15-22-13-5-2-6-14-22;21-18-11-10-14(12-17(18)13-6-2-1-3-7-13)19(22)15-8-4-5-9-16(15)20(23)24/h1,3-4,7-12,20H,2,5-6,13-16H2;1-12,21H,(H,23,24). The lowest BCUT2D eigenvalue weighted by Gasteiger charge is -2.27. The number of hydrogen-bond acceptors (Lipinski definition) is 5. The monoisotopic (exact) mass is 647 g/mol. The first kappa shape index (κ1) is 33.6. The van der Waals surface area contributed by atoms with Crippen molar-refractivity contribution in [1.82, 2.24) is 4.90 Å². The average molecular weight is 648 g/mol. The SMILES string of the molecule is Clc1ccc(C(OCCN2CCCCC2)c2ccccc2)cc1.O=C(O)c1ccccc1C(=O)c1ccc(O)c(-c2ccccc2)c1. The highest BCUT2D eigenvalue weighted by Crippen LogP contribution is 2.31. The van der Waals surface area contributed by atoms with Crippen LogP contribution in [0.4, 0.5) is 0 Å². The fourth-order valence-corrected chi connectivity index (χ4v) is 5.81. The number of phenols is 1. The highest BCUT2D eigenvalue weighted by Gasteiger charge is 2.19. The van der Waals surface area contributed by atoms with Crippen molar-refractivity contribution < 1.29 is 24.5 Å².